The lowest BCUT2D eigenvalue weighted by Gasteiger charge is -2.35. The molecule has 4 aromatic carbocycles. The van der Waals surface area contributed by atoms with Crippen LogP contribution in [0.1, 0.15) is 16.7 Å². The lowest BCUT2D eigenvalue weighted by molar-refractivity contribution is 0.143. The molecule has 0 unspecified atom stereocenters. The predicted molar refractivity (Wildman–Crippen MR) is 146 cm³/mol. The quantitative estimate of drug-likeness (QED) is 0.156. The summed E-state index contributed by atoms with van der Waals surface area (Å²) in [6.07, 6.45) is -0.829. The number of nitrogens with one attached hydrogen (secondary N) is 1. The third kappa shape index (κ3) is 4.74. The smallest absolute Gasteiger partial charge is 0.414 e. The molecule has 182 valence electrons. The molecular formula is C29H25FN2O2S2. The molecule has 0 saturated carbocycles. The highest BCUT2D eigenvalue weighted by Gasteiger charge is 2.39. The first-order valence-electron chi connectivity index (χ1n) is 11.6. The molecule has 0 radical (unpaired) electrons. The van der Waals surface area contributed by atoms with Gasteiger partial charge in [0.2, 0.25) is 0 Å². The van der Waals surface area contributed by atoms with Crippen molar-refractivity contribution >= 4 is 36.4 Å². The number of cyclic esters (lactones) is 1. The number of ether oxygens (including phenoxy) is 1. The maximum absolute atomic E-state index is 15.7. The molecule has 0 spiro atoms. The first kappa shape index (κ1) is 24.4. The molecule has 4 nitrogen and oxygen atoms in total. The van der Waals surface area contributed by atoms with Crippen molar-refractivity contribution in [2.45, 2.75) is 15.7 Å². The van der Waals surface area contributed by atoms with Gasteiger partial charge in [0.05, 0.1) is 17.0 Å². The van der Waals surface area contributed by atoms with E-state index in [-0.39, 0.29) is 6.10 Å². The molecule has 1 aliphatic heterocycles. The van der Waals surface area contributed by atoms with Crippen molar-refractivity contribution in [3.05, 3.63) is 132 Å². The van der Waals surface area contributed by atoms with Crippen molar-refractivity contribution in [2.24, 2.45) is 0 Å². The Labute approximate surface area is 220 Å². The number of anilines is 1. The fourth-order valence-electron chi connectivity index (χ4n) is 4.54. The molecule has 1 N–H and O–H groups in total. The first-order chi connectivity index (χ1) is 17.6. The van der Waals surface area contributed by atoms with Gasteiger partial charge in [-0.3, -0.25) is 9.62 Å². The highest BCUT2D eigenvalue weighted by molar-refractivity contribution is 8.00. The Morgan fingerprint density at radius 2 is 1.42 bits per heavy atom. The molecule has 5 rings (SSSR count). The van der Waals surface area contributed by atoms with Gasteiger partial charge in [0.25, 0.3) is 0 Å². The average molecular weight is 517 g/mol. The number of thiol groups is 1. The molecular weight excluding hydrogens is 491 g/mol. The zero-order valence-electron chi connectivity index (χ0n) is 19.4. The number of carbonyl (C=O) groups is 1. The van der Waals surface area contributed by atoms with Crippen LogP contribution in [0.3, 0.4) is 0 Å². The molecule has 0 aromatic heterocycles. The van der Waals surface area contributed by atoms with Crippen molar-refractivity contribution in [2.75, 3.05) is 18.0 Å². The number of rotatable bonds is 8. The second-order valence-electron chi connectivity index (χ2n) is 8.47. The zero-order chi connectivity index (χ0) is 25.0. The van der Waals surface area contributed by atoms with E-state index in [2.05, 4.69) is 53.9 Å². The van der Waals surface area contributed by atoms with Crippen LogP contribution in [0.15, 0.2) is 114 Å². The van der Waals surface area contributed by atoms with Gasteiger partial charge in [0.15, 0.2) is 0 Å². The normalized spacial score (nSPS) is 15.7. The van der Waals surface area contributed by atoms with Crippen LogP contribution in [0.25, 0.3) is 0 Å². The van der Waals surface area contributed by atoms with Crippen molar-refractivity contribution in [3.63, 3.8) is 0 Å². The van der Waals surface area contributed by atoms with E-state index in [0.29, 0.717) is 23.7 Å². The maximum Gasteiger partial charge on any atom is 0.414 e. The molecule has 0 bridgehead atoms. The Bertz CT molecular complexity index is 1230. The van der Waals surface area contributed by atoms with Crippen molar-refractivity contribution in [1.82, 2.24) is 4.72 Å². The van der Waals surface area contributed by atoms with Gasteiger partial charge < -0.3 is 4.74 Å². The number of halogens is 1. The molecule has 0 aliphatic carbocycles. The van der Waals surface area contributed by atoms with E-state index in [1.165, 1.54) is 22.7 Å². The van der Waals surface area contributed by atoms with E-state index in [4.69, 9.17) is 4.74 Å². The van der Waals surface area contributed by atoms with Crippen molar-refractivity contribution in [3.8, 4) is 0 Å². The largest absolute Gasteiger partial charge is 0.443 e. The van der Waals surface area contributed by atoms with Gasteiger partial charge in [-0.2, -0.15) is 0 Å². The summed E-state index contributed by atoms with van der Waals surface area (Å²) in [6, 6.07) is 35.4. The third-order valence-corrected chi connectivity index (χ3v) is 7.97. The molecule has 4 aromatic rings. The summed E-state index contributed by atoms with van der Waals surface area (Å²) in [7, 11) is 0. The topological polar surface area (TPSA) is 41.6 Å². The highest BCUT2D eigenvalue weighted by Crippen LogP contribution is 2.52. The Hall–Kier alpha value is -3.26. The van der Waals surface area contributed by atoms with Crippen LogP contribution in [0.2, 0.25) is 0 Å². The van der Waals surface area contributed by atoms with Crippen molar-refractivity contribution in [1.29, 1.82) is 0 Å². The summed E-state index contributed by atoms with van der Waals surface area (Å²) < 4.78 is 23.1. The second kappa shape index (κ2) is 10.8. The standard InChI is InChI=1S/C29H25FN2O2S2/c30-26-18-24(32-20-25(19-31-35)34-28(32)33)16-17-27(26)36-29(21-10-4-1-5-11-21,22-12-6-2-7-13-22)23-14-8-3-9-15-23/h1-18,25,31,35H,19-20H2/t25-/m1/s1. The Morgan fingerprint density at radius 3 is 1.89 bits per heavy atom. The van der Waals surface area contributed by atoms with Crippen LogP contribution in [0.5, 0.6) is 0 Å². The minimum Gasteiger partial charge on any atom is -0.443 e. The minimum absolute atomic E-state index is 0.334. The van der Waals surface area contributed by atoms with E-state index >= 15 is 4.39 Å². The van der Waals surface area contributed by atoms with E-state index in [1.54, 1.807) is 12.1 Å². The summed E-state index contributed by atoms with van der Waals surface area (Å²) in [5, 5.41) is 0. The third-order valence-electron chi connectivity index (χ3n) is 6.22. The van der Waals surface area contributed by atoms with Gasteiger partial charge in [-0.1, -0.05) is 104 Å². The van der Waals surface area contributed by atoms with E-state index in [9.17, 15) is 4.79 Å². The predicted octanol–water partition coefficient (Wildman–Crippen LogP) is 6.67. The molecule has 1 atom stereocenters. The van der Waals surface area contributed by atoms with Crippen LogP contribution in [0.4, 0.5) is 14.9 Å². The molecule has 1 fully saturated rings. The van der Waals surface area contributed by atoms with Crippen LogP contribution in [0, 0.1) is 5.82 Å². The Kier molecular flexibility index (Phi) is 7.32. The number of amides is 1. The number of hydrogen-bond donors (Lipinski definition) is 2. The van der Waals surface area contributed by atoms with E-state index < -0.39 is 16.7 Å². The lowest BCUT2D eigenvalue weighted by Crippen LogP contribution is -2.28. The number of benzene rings is 4. The fraction of sp³-hybridized carbons (Fsp3) is 0.138. The maximum atomic E-state index is 15.7. The Morgan fingerprint density at radius 1 is 0.889 bits per heavy atom. The number of carbonyl (C=O) groups excluding carboxylic acids is 1. The van der Waals surface area contributed by atoms with Crippen molar-refractivity contribution < 1.29 is 13.9 Å². The monoisotopic (exact) mass is 516 g/mol. The van der Waals surface area contributed by atoms with Gasteiger partial charge in [0.1, 0.15) is 11.9 Å². The summed E-state index contributed by atoms with van der Waals surface area (Å²) in [6.45, 7) is 0.746. The highest BCUT2D eigenvalue weighted by atomic mass is 32.2. The lowest BCUT2D eigenvalue weighted by atomic mass is 9.84. The van der Waals surface area contributed by atoms with Gasteiger partial charge >= 0.3 is 6.09 Å². The summed E-state index contributed by atoms with van der Waals surface area (Å²) in [4.78, 5) is 14.3. The van der Waals surface area contributed by atoms with Crippen LogP contribution in [-0.4, -0.2) is 25.3 Å². The Balaban J connectivity index is 1.59. The molecule has 1 aliphatic rings. The van der Waals surface area contributed by atoms with Crippen LogP contribution in [-0.2, 0) is 9.48 Å². The second-order valence-corrected chi connectivity index (χ2v) is 10.0. The van der Waals surface area contributed by atoms with Gasteiger partial charge in [-0.05, 0) is 34.9 Å². The van der Waals surface area contributed by atoms with E-state index in [1.807, 2.05) is 54.6 Å². The van der Waals surface area contributed by atoms with Crippen LogP contribution >= 0.6 is 24.6 Å². The van der Waals surface area contributed by atoms with Gasteiger partial charge in [-0.25, -0.2) is 9.18 Å². The van der Waals surface area contributed by atoms with Crippen LogP contribution < -0.4 is 9.62 Å². The minimum atomic E-state index is -0.692. The number of nitrogens with zero attached hydrogens (tertiary/aromatic N) is 1. The number of hydrogen-bond acceptors (Lipinski definition) is 5. The van der Waals surface area contributed by atoms with E-state index in [0.717, 1.165) is 16.7 Å². The molecule has 1 amide bonds. The SMILES string of the molecule is O=C1O[C@H](CNS)CN1c1ccc(SC(c2ccccc2)(c2ccccc2)c2ccccc2)c(F)c1. The molecule has 1 heterocycles. The molecule has 36 heavy (non-hydrogen) atoms. The van der Waals surface area contributed by atoms with Gasteiger partial charge in [-0.15, -0.1) is 11.8 Å². The summed E-state index contributed by atoms with van der Waals surface area (Å²) in [5.41, 5.74) is 3.59. The number of thioether (sulfide) groups is 1. The van der Waals surface area contributed by atoms with Gasteiger partial charge in [0, 0.05) is 11.4 Å². The molecule has 1 saturated heterocycles. The zero-order valence-corrected chi connectivity index (χ0v) is 21.1. The average Bonchev–Trinajstić information content (AvgIpc) is 3.29. The summed E-state index contributed by atoms with van der Waals surface area (Å²) >= 11 is 5.43. The first-order valence-corrected chi connectivity index (χ1v) is 12.9. The fourth-order valence-corrected chi connectivity index (χ4v) is 6.13. The summed E-state index contributed by atoms with van der Waals surface area (Å²) in [5.74, 6) is -0.395. The molecule has 7 heteroatoms.